The SMILES string of the molecule is COc1ccc(C(=O)CN2CCCC(C)C2=O)cc1F. The van der Waals surface area contributed by atoms with Crippen LogP contribution in [-0.2, 0) is 4.79 Å². The summed E-state index contributed by atoms with van der Waals surface area (Å²) in [5.74, 6) is -0.766. The number of piperidine rings is 1. The van der Waals surface area contributed by atoms with E-state index in [1.807, 2.05) is 6.92 Å². The Labute approximate surface area is 117 Å². The number of ether oxygens (including phenoxy) is 1. The molecule has 5 heteroatoms. The van der Waals surface area contributed by atoms with Gasteiger partial charge < -0.3 is 9.64 Å². The van der Waals surface area contributed by atoms with Gasteiger partial charge in [-0.05, 0) is 31.0 Å². The van der Waals surface area contributed by atoms with Gasteiger partial charge in [0.05, 0.1) is 13.7 Å². The van der Waals surface area contributed by atoms with E-state index in [4.69, 9.17) is 4.74 Å². The molecule has 2 rings (SSSR count). The van der Waals surface area contributed by atoms with Crippen LogP contribution in [0.2, 0.25) is 0 Å². The number of carbonyl (C=O) groups excluding carboxylic acids is 2. The van der Waals surface area contributed by atoms with E-state index >= 15 is 0 Å². The van der Waals surface area contributed by atoms with E-state index in [1.54, 1.807) is 4.90 Å². The summed E-state index contributed by atoms with van der Waals surface area (Å²) >= 11 is 0. The Hall–Kier alpha value is -1.91. The molecule has 1 unspecified atom stereocenters. The molecule has 0 N–H and O–H groups in total. The molecule has 0 aliphatic carbocycles. The summed E-state index contributed by atoms with van der Waals surface area (Å²) in [6.07, 6.45) is 1.76. The van der Waals surface area contributed by atoms with E-state index in [1.165, 1.54) is 19.2 Å². The third-order valence-electron chi connectivity index (χ3n) is 3.61. The van der Waals surface area contributed by atoms with Gasteiger partial charge >= 0.3 is 0 Å². The molecule has 1 aromatic carbocycles. The molecular weight excluding hydrogens is 261 g/mol. The second kappa shape index (κ2) is 6.03. The molecule has 0 aromatic heterocycles. The maximum atomic E-state index is 13.6. The van der Waals surface area contributed by atoms with Gasteiger partial charge in [0.25, 0.3) is 0 Å². The van der Waals surface area contributed by atoms with E-state index < -0.39 is 5.82 Å². The van der Waals surface area contributed by atoms with Crippen LogP contribution in [0.4, 0.5) is 4.39 Å². The first-order chi connectivity index (χ1) is 9.52. The second-order valence-electron chi connectivity index (χ2n) is 5.08. The van der Waals surface area contributed by atoms with Crippen molar-refractivity contribution in [3.63, 3.8) is 0 Å². The average Bonchev–Trinajstić information content (AvgIpc) is 2.43. The van der Waals surface area contributed by atoms with Crippen molar-refractivity contribution in [2.45, 2.75) is 19.8 Å². The molecule has 1 saturated heterocycles. The van der Waals surface area contributed by atoms with Crippen molar-refractivity contribution in [3.8, 4) is 5.75 Å². The first-order valence-electron chi connectivity index (χ1n) is 6.68. The first kappa shape index (κ1) is 14.5. The number of ketones is 1. The fourth-order valence-electron chi connectivity index (χ4n) is 2.40. The van der Waals surface area contributed by atoms with Gasteiger partial charge in [-0.3, -0.25) is 9.59 Å². The van der Waals surface area contributed by atoms with Crippen LogP contribution in [0.5, 0.6) is 5.75 Å². The van der Waals surface area contributed by atoms with Gasteiger partial charge in [0.2, 0.25) is 5.91 Å². The van der Waals surface area contributed by atoms with E-state index in [9.17, 15) is 14.0 Å². The summed E-state index contributed by atoms with van der Waals surface area (Å²) < 4.78 is 18.4. The zero-order valence-corrected chi connectivity index (χ0v) is 11.7. The molecule has 1 fully saturated rings. The summed E-state index contributed by atoms with van der Waals surface area (Å²) in [6.45, 7) is 2.47. The van der Waals surface area contributed by atoms with Crippen molar-refractivity contribution in [2.24, 2.45) is 5.92 Å². The van der Waals surface area contributed by atoms with Crippen molar-refractivity contribution in [3.05, 3.63) is 29.6 Å². The van der Waals surface area contributed by atoms with Crippen LogP contribution >= 0.6 is 0 Å². The van der Waals surface area contributed by atoms with Gasteiger partial charge in [-0.15, -0.1) is 0 Å². The monoisotopic (exact) mass is 279 g/mol. The number of amides is 1. The summed E-state index contributed by atoms with van der Waals surface area (Å²) in [5, 5.41) is 0. The number of Topliss-reactive ketones (excluding diaryl/α,β-unsaturated/α-hetero) is 1. The van der Waals surface area contributed by atoms with Crippen LogP contribution in [0, 0.1) is 11.7 Å². The highest BCUT2D eigenvalue weighted by molar-refractivity contribution is 5.99. The fourth-order valence-corrected chi connectivity index (χ4v) is 2.40. The lowest BCUT2D eigenvalue weighted by Crippen LogP contribution is -2.43. The minimum Gasteiger partial charge on any atom is -0.494 e. The predicted octanol–water partition coefficient (Wildman–Crippen LogP) is 2.28. The zero-order chi connectivity index (χ0) is 14.7. The Balaban J connectivity index is 2.08. The van der Waals surface area contributed by atoms with Crippen LogP contribution in [0.25, 0.3) is 0 Å². The molecule has 0 spiro atoms. The molecule has 0 radical (unpaired) electrons. The molecule has 1 atom stereocenters. The van der Waals surface area contributed by atoms with Gasteiger partial charge in [-0.25, -0.2) is 4.39 Å². The van der Waals surface area contributed by atoms with Gasteiger partial charge in [-0.1, -0.05) is 6.92 Å². The molecule has 1 aromatic rings. The highest BCUT2D eigenvalue weighted by Gasteiger charge is 2.26. The number of rotatable bonds is 4. The molecule has 0 saturated carbocycles. The number of halogens is 1. The molecule has 1 heterocycles. The third-order valence-corrected chi connectivity index (χ3v) is 3.61. The van der Waals surface area contributed by atoms with E-state index in [-0.39, 0.29) is 35.5 Å². The second-order valence-corrected chi connectivity index (χ2v) is 5.08. The van der Waals surface area contributed by atoms with Crippen molar-refractivity contribution < 1.29 is 18.7 Å². The fraction of sp³-hybridized carbons (Fsp3) is 0.467. The van der Waals surface area contributed by atoms with E-state index in [0.29, 0.717) is 6.54 Å². The number of benzene rings is 1. The topological polar surface area (TPSA) is 46.6 Å². The number of carbonyl (C=O) groups is 2. The highest BCUT2D eigenvalue weighted by atomic mass is 19.1. The Kier molecular flexibility index (Phi) is 4.37. The average molecular weight is 279 g/mol. The smallest absolute Gasteiger partial charge is 0.225 e. The molecule has 1 amide bonds. The molecule has 1 aliphatic heterocycles. The summed E-state index contributed by atoms with van der Waals surface area (Å²) in [7, 11) is 1.37. The standard InChI is InChI=1S/C15H18FNO3/c1-10-4-3-7-17(15(10)19)9-13(18)11-5-6-14(20-2)12(16)8-11/h5-6,8,10H,3-4,7,9H2,1-2H3. The van der Waals surface area contributed by atoms with Crippen LogP contribution in [0.3, 0.4) is 0 Å². The Morgan fingerprint density at radius 3 is 2.90 bits per heavy atom. The van der Waals surface area contributed by atoms with Crippen LogP contribution in [0.15, 0.2) is 18.2 Å². The molecule has 1 aliphatic rings. The molecular formula is C15H18FNO3. The highest BCUT2D eigenvalue weighted by Crippen LogP contribution is 2.20. The number of nitrogens with zero attached hydrogens (tertiary/aromatic N) is 1. The van der Waals surface area contributed by atoms with Crippen LogP contribution in [0.1, 0.15) is 30.1 Å². The third kappa shape index (κ3) is 2.98. The van der Waals surface area contributed by atoms with Crippen LogP contribution < -0.4 is 4.74 Å². The molecule has 20 heavy (non-hydrogen) atoms. The number of methoxy groups -OCH3 is 1. The van der Waals surface area contributed by atoms with Crippen LogP contribution in [-0.4, -0.2) is 36.8 Å². The number of hydrogen-bond donors (Lipinski definition) is 0. The Morgan fingerprint density at radius 1 is 1.50 bits per heavy atom. The van der Waals surface area contributed by atoms with Gasteiger partial charge in [0.15, 0.2) is 17.3 Å². The summed E-state index contributed by atoms with van der Waals surface area (Å²) in [5.41, 5.74) is 0.259. The molecule has 0 bridgehead atoms. The van der Waals surface area contributed by atoms with Gasteiger partial charge in [0.1, 0.15) is 0 Å². The van der Waals surface area contributed by atoms with Crippen molar-refractivity contribution in [1.29, 1.82) is 0 Å². The van der Waals surface area contributed by atoms with Crippen molar-refractivity contribution in [2.75, 3.05) is 20.2 Å². The maximum absolute atomic E-state index is 13.6. The summed E-state index contributed by atoms with van der Waals surface area (Å²) in [4.78, 5) is 25.6. The lowest BCUT2D eigenvalue weighted by molar-refractivity contribution is -0.137. The lowest BCUT2D eigenvalue weighted by Gasteiger charge is -2.30. The van der Waals surface area contributed by atoms with Crippen molar-refractivity contribution in [1.82, 2.24) is 4.90 Å². The molecule has 4 nitrogen and oxygen atoms in total. The lowest BCUT2D eigenvalue weighted by atomic mass is 9.98. The van der Waals surface area contributed by atoms with Gasteiger partial charge in [0, 0.05) is 18.0 Å². The van der Waals surface area contributed by atoms with Crippen molar-refractivity contribution >= 4 is 11.7 Å². The minimum atomic E-state index is -0.573. The number of likely N-dealkylation sites (tertiary alicyclic amines) is 1. The van der Waals surface area contributed by atoms with E-state index in [0.717, 1.165) is 18.9 Å². The Morgan fingerprint density at radius 2 is 2.25 bits per heavy atom. The first-order valence-corrected chi connectivity index (χ1v) is 6.68. The zero-order valence-electron chi connectivity index (χ0n) is 11.7. The summed E-state index contributed by atoms with van der Waals surface area (Å²) in [6, 6.07) is 4.09. The van der Waals surface area contributed by atoms with Gasteiger partial charge in [-0.2, -0.15) is 0 Å². The van der Waals surface area contributed by atoms with E-state index in [2.05, 4.69) is 0 Å². The largest absolute Gasteiger partial charge is 0.494 e. The maximum Gasteiger partial charge on any atom is 0.225 e. The normalized spacial score (nSPS) is 19.1. The predicted molar refractivity (Wildman–Crippen MR) is 72.3 cm³/mol. The molecule has 108 valence electrons. The number of hydrogen-bond acceptors (Lipinski definition) is 3. The quantitative estimate of drug-likeness (QED) is 0.794. The minimum absolute atomic E-state index is 0.00131. The Bertz CT molecular complexity index is 530.